The largest absolute Gasteiger partial charge is 0.342 e. The van der Waals surface area contributed by atoms with Crippen LogP contribution in [0.3, 0.4) is 0 Å². The Morgan fingerprint density at radius 3 is 3.10 bits per heavy atom. The van der Waals surface area contributed by atoms with E-state index < -0.39 is 0 Å². The van der Waals surface area contributed by atoms with Crippen molar-refractivity contribution < 1.29 is 4.79 Å². The number of amides is 1. The number of nitrogens with one attached hydrogen (secondary N) is 1. The molecule has 0 saturated carbocycles. The van der Waals surface area contributed by atoms with Crippen LogP contribution < -0.4 is 5.32 Å². The van der Waals surface area contributed by atoms with E-state index in [1.807, 2.05) is 7.05 Å². The lowest BCUT2D eigenvalue weighted by molar-refractivity contribution is -0.133. The maximum atomic E-state index is 12.2. The van der Waals surface area contributed by atoms with Gasteiger partial charge in [0.25, 0.3) is 0 Å². The van der Waals surface area contributed by atoms with Crippen molar-refractivity contribution in [3.63, 3.8) is 0 Å². The minimum Gasteiger partial charge on any atom is -0.342 e. The smallest absolute Gasteiger partial charge is 0.222 e. The highest BCUT2D eigenvalue weighted by Crippen LogP contribution is 2.24. The highest BCUT2D eigenvalue weighted by Gasteiger charge is 2.22. The molecule has 0 spiro atoms. The van der Waals surface area contributed by atoms with Crippen LogP contribution in [0.15, 0.2) is 15.9 Å². The summed E-state index contributed by atoms with van der Waals surface area (Å²) in [6.07, 6.45) is 5.04. The molecular formula is C15H23BrN2OS. The molecule has 20 heavy (non-hydrogen) atoms. The molecule has 2 rings (SSSR count). The van der Waals surface area contributed by atoms with E-state index in [2.05, 4.69) is 38.3 Å². The Labute approximate surface area is 133 Å². The van der Waals surface area contributed by atoms with E-state index in [0.29, 0.717) is 18.2 Å². The van der Waals surface area contributed by atoms with Gasteiger partial charge in [-0.1, -0.05) is 0 Å². The van der Waals surface area contributed by atoms with Crippen LogP contribution in [0.2, 0.25) is 0 Å². The molecule has 1 unspecified atom stereocenters. The molecule has 0 aliphatic carbocycles. The second-order valence-corrected chi connectivity index (χ2v) is 8.01. The highest BCUT2D eigenvalue weighted by molar-refractivity contribution is 9.11. The Morgan fingerprint density at radius 1 is 1.55 bits per heavy atom. The van der Waals surface area contributed by atoms with Crippen LogP contribution in [0, 0.1) is 5.92 Å². The number of hydrogen-bond donors (Lipinski definition) is 1. The number of hydrogen-bond acceptors (Lipinski definition) is 3. The molecule has 2 heterocycles. The molecule has 5 heteroatoms. The third-order valence-electron chi connectivity index (χ3n) is 3.81. The first-order valence-electron chi connectivity index (χ1n) is 7.35. The van der Waals surface area contributed by atoms with Crippen LogP contribution in [-0.2, 0) is 11.2 Å². The Morgan fingerprint density at radius 2 is 2.40 bits per heavy atom. The molecule has 3 nitrogen and oxygen atoms in total. The lowest BCUT2D eigenvalue weighted by atomic mass is 9.97. The molecule has 1 fully saturated rings. The van der Waals surface area contributed by atoms with Crippen LogP contribution >= 0.6 is 27.3 Å². The average Bonchev–Trinajstić information content (AvgIpc) is 2.85. The predicted octanol–water partition coefficient (Wildman–Crippen LogP) is 3.29. The Bertz CT molecular complexity index is 433. The number of halogens is 1. The fraction of sp³-hybridized carbons (Fsp3) is 0.667. The Hall–Kier alpha value is -0.390. The van der Waals surface area contributed by atoms with Crippen molar-refractivity contribution in [1.82, 2.24) is 10.2 Å². The normalized spacial score (nSPS) is 19.3. The summed E-state index contributed by atoms with van der Waals surface area (Å²) in [7, 11) is 1.99. The molecular weight excluding hydrogens is 336 g/mol. The van der Waals surface area contributed by atoms with Crippen molar-refractivity contribution in [2.24, 2.45) is 5.92 Å². The minimum atomic E-state index is 0.335. The topological polar surface area (TPSA) is 32.3 Å². The van der Waals surface area contributed by atoms with E-state index >= 15 is 0 Å². The van der Waals surface area contributed by atoms with E-state index in [1.165, 1.54) is 15.1 Å². The van der Waals surface area contributed by atoms with Crippen molar-refractivity contribution in [3.8, 4) is 0 Å². The fourth-order valence-corrected chi connectivity index (χ4v) is 4.33. The number of thiophene rings is 1. The van der Waals surface area contributed by atoms with Gasteiger partial charge in [0.15, 0.2) is 0 Å². The van der Waals surface area contributed by atoms with Crippen molar-refractivity contribution in [3.05, 3.63) is 20.8 Å². The maximum Gasteiger partial charge on any atom is 0.222 e. The third kappa shape index (κ3) is 4.86. The molecule has 0 radical (unpaired) electrons. The lowest BCUT2D eigenvalue weighted by Crippen LogP contribution is -2.42. The Balaban J connectivity index is 1.71. The molecule has 1 atom stereocenters. The van der Waals surface area contributed by atoms with Crippen LogP contribution in [-0.4, -0.2) is 37.5 Å². The molecule has 1 saturated heterocycles. The molecule has 112 valence electrons. The standard InChI is InChI=1S/C15H23BrN2OS/c1-17-10-12-4-3-9-18(11-12)15(19)6-2-5-13-7-8-14(16)20-13/h7-8,12,17H,2-6,9-11H2,1H3. The van der Waals surface area contributed by atoms with Gasteiger partial charge in [-0.2, -0.15) is 0 Å². The van der Waals surface area contributed by atoms with Gasteiger partial charge in [-0.05, 0) is 73.3 Å². The number of piperidine rings is 1. The zero-order chi connectivity index (χ0) is 14.4. The zero-order valence-electron chi connectivity index (χ0n) is 12.0. The second-order valence-electron chi connectivity index (χ2n) is 5.47. The summed E-state index contributed by atoms with van der Waals surface area (Å²) >= 11 is 5.24. The van der Waals surface area contributed by atoms with Gasteiger partial charge in [0.1, 0.15) is 0 Å². The first kappa shape index (κ1) is 16.0. The minimum absolute atomic E-state index is 0.335. The maximum absolute atomic E-state index is 12.2. The van der Waals surface area contributed by atoms with E-state index in [1.54, 1.807) is 11.3 Å². The quantitative estimate of drug-likeness (QED) is 0.845. The molecule has 0 bridgehead atoms. The number of rotatable bonds is 6. The van der Waals surface area contributed by atoms with Gasteiger partial charge in [-0.15, -0.1) is 11.3 Å². The summed E-state index contributed by atoms with van der Waals surface area (Å²) in [5.74, 6) is 0.965. The SMILES string of the molecule is CNCC1CCCN(C(=O)CCCc2ccc(Br)s2)C1. The van der Waals surface area contributed by atoms with Crippen LogP contribution in [0.5, 0.6) is 0 Å². The lowest BCUT2D eigenvalue weighted by Gasteiger charge is -2.32. The molecule has 1 aliphatic rings. The molecule has 0 aromatic carbocycles. The summed E-state index contributed by atoms with van der Waals surface area (Å²) in [5, 5.41) is 3.22. The zero-order valence-corrected chi connectivity index (χ0v) is 14.4. The van der Waals surface area contributed by atoms with Gasteiger partial charge in [-0.25, -0.2) is 0 Å². The van der Waals surface area contributed by atoms with Crippen molar-refractivity contribution >= 4 is 33.2 Å². The number of carbonyl (C=O) groups is 1. The average molecular weight is 359 g/mol. The summed E-state index contributed by atoms with van der Waals surface area (Å²) in [6.45, 7) is 2.90. The van der Waals surface area contributed by atoms with Gasteiger partial charge in [0, 0.05) is 24.4 Å². The third-order valence-corrected chi connectivity index (χ3v) is 5.49. The van der Waals surface area contributed by atoms with Crippen LogP contribution in [0.1, 0.15) is 30.6 Å². The van der Waals surface area contributed by atoms with E-state index in [9.17, 15) is 4.79 Å². The highest BCUT2D eigenvalue weighted by atomic mass is 79.9. The summed E-state index contributed by atoms with van der Waals surface area (Å²) in [6, 6.07) is 4.22. The fourth-order valence-electron chi connectivity index (χ4n) is 2.80. The van der Waals surface area contributed by atoms with Gasteiger partial charge in [0.2, 0.25) is 5.91 Å². The molecule has 1 aliphatic heterocycles. The number of aryl methyl sites for hydroxylation is 1. The monoisotopic (exact) mass is 358 g/mol. The molecule has 1 aromatic rings. The van der Waals surface area contributed by atoms with Crippen molar-refractivity contribution in [2.75, 3.05) is 26.7 Å². The van der Waals surface area contributed by atoms with Crippen molar-refractivity contribution in [1.29, 1.82) is 0 Å². The Kier molecular flexibility index (Phi) is 6.52. The number of carbonyl (C=O) groups excluding carboxylic acids is 1. The molecule has 1 aromatic heterocycles. The molecule has 1 amide bonds. The predicted molar refractivity (Wildman–Crippen MR) is 88.2 cm³/mol. The van der Waals surface area contributed by atoms with E-state index in [-0.39, 0.29) is 0 Å². The van der Waals surface area contributed by atoms with Crippen LogP contribution in [0.4, 0.5) is 0 Å². The summed E-state index contributed by atoms with van der Waals surface area (Å²) < 4.78 is 1.17. The van der Waals surface area contributed by atoms with Crippen LogP contribution in [0.25, 0.3) is 0 Å². The van der Waals surface area contributed by atoms with E-state index in [0.717, 1.165) is 38.9 Å². The summed E-state index contributed by atoms with van der Waals surface area (Å²) in [5.41, 5.74) is 0. The summed E-state index contributed by atoms with van der Waals surface area (Å²) in [4.78, 5) is 15.7. The number of nitrogens with zero attached hydrogens (tertiary/aromatic N) is 1. The second kappa shape index (κ2) is 8.15. The van der Waals surface area contributed by atoms with E-state index in [4.69, 9.17) is 0 Å². The molecule has 1 N–H and O–H groups in total. The number of likely N-dealkylation sites (tertiary alicyclic amines) is 1. The first-order chi connectivity index (χ1) is 9.69. The van der Waals surface area contributed by atoms with Gasteiger partial charge in [0.05, 0.1) is 3.79 Å². The van der Waals surface area contributed by atoms with Gasteiger partial charge in [-0.3, -0.25) is 4.79 Å². The van der Waals surface area contributed by atoms with Gasteiger partial charge < -0.3 is 10.2 Å². The van der Waals surface area contributed by atoms with Gasteiger partial charge >= 0.3 is 0 Å². The van der Waals surface area contributed by atoms with Crippen molar-refractivity contribution in [2.45, 2.75) is 32.1 Å². The first-order valence-corrected chi connectivity index (χ1v) is 8.96.